The van der Waals surface area contributed by atoms with E-state index in [2.05, 4.69) is 30.5 Å². The third-order valence-corrected chi connectivity index (χ3v) is 5.04. The number of alkyl halides is 3. The van der Waals surface area contributed by atoms with E-state index in [9.17, 15) is 18.0 Å². The number of aryl methyl sites for hydroxylation is 1. The molecule has 0 aliphatic carbocycles. The third-order valence-electron chi connectivity index (χ3n) is 5.04. The van der Waals surface area contributed by atoms with Crippen LogP contribution in [-0.2, 0) is 15.7 Å². The van der Waals surface area contributed by atoms with Gasteiger partial charge in [0.1, 0.15) is 11.2 Å². The molecule has 0 saturated carbocycles. The number of carbonyl (C=O) groups is 1. The molecule has 3 heterocycles. The second kappa shape index (κ2) is 10.3. The molecule has 0 unspecified atom stereocenters. The van der Waals surface area contributed by atoms with E-state index < -0.39 is 23.8 Å². The first kappa shape index (κ1) is 25.0. The topological polar surface area (TPSA) is 115 Å². The van der Waals surface area contributed by atoms with Crippen LogP contribution in [-0.4, -0.2) is 49.9 Å². The number of halogens is 3. The fraction of sp³-hybridized carbons (Fsp3) is 0.292. The summed E-state index contributed by atoms with van der Waals surface area (Å²) in [6.45, 7) is 5.30. The molecule has 0 bridgehead atoms. The van der Waals surface area contributed by atoms with Gasteiger partial charge in [-0.1, -0.05) is 24.3 Å². The van der Waals surface area contributed by atoms with Gasteiger partial charge in [-0.2, -0.15) is 23.3 Å². The number of aromatic nitrogens is 5. The highest BCUT2D eigenvalue weighted by Crippen LogP contribution is 2.37. The molecule has 188 valence electrons. The van der Waals surface area contributed by atoms with Crippen LogP contribution in [0, 0.1) is 6.92 Å². The number of hydrogen-bond acceptors (Lipinski definition) is 7. The van der Waals surface area contributed by atoms with Crippen LogP contribution in [0.4, 0.5) is 19.0 Å². The van der Waals surface area contributed by atoms with E-state index in [0.29, 0.717) is 11.2 Å². The smallest absolute Gasteiger partial charge is 0.417 e. The maximum absolute atomic E-state index is 13.6. The quantitative estimate of drug-likeness (QED) is 0.365. The summed E-state index contributed by atoms with van der Waals surface area (Å²) in [7, 11) is 0. The molecule has 0 saturated heterocycles. The first-order valence-corrected chi connectivity index (χ1v) is 11.0. The van der Waals surface area contributed by atoms with Crippen molar-refractivity contribution in [2.24, 2.45) is 0 Å². The number of aromatic amines is 1. The van der Waals surface area contributed by atoms with Gasteiger partial charge < -0.3 is 14.8 Å². The number of carbonyl (C=O) groups excluding carboxylic acids is 1. The number of pyridine rings is 1. The number of nitrogens with one attached hydrogen (secondary N) is 2. The second-order valence-corrected chi connectivity index (χ2v) is 8.23. The minimum absolute atomic E-state index is 0.120. The van der Waals surface area contributed by atoms with E-state index >= 15 is 0 Å². The Labute approximate surface area is 204 Å². The highest BCUT2D eigenvalue weighted by atomic mass is 19.4. The molecule has 9 nitrogen and oxygen atoms in total. The third kappa shape index (κ3) is 5.77. The predicted octanol–water partition coefficient (Wildman–Crippen LogP) is 4.55. The van der Waals surface area contributed by atoms with Gasteiger partial charge in [0.05, 0.1) is 24.5 Å². The largest absolute Gasteiger partial charge is 0.461 e. The van der Waals surface area contributed by atoms with Crippen LogP contribution in [0.1, 0.15) is 25.0 Å². The van der Waals surface area contributed by atoms with Crippen molar-refractivity contribution in [2.75, 3.05) is 11.9 Å². The van der Waals surface area contributed by atoms with E-state index in [1.165, 1.54) is 24.4 Å². The van der Waals surface area contributed by atoms with Gasteiger partial charge in [0.15, 0.2) is 11.5 Å². The zero-order valence-electron chi connectivity index (χ0n) is 19.6. The number of fused-ring (bicyclic) bond motifs is 1. The lowest BCUT2D eigenvalue weighted by molar-refractivity contribution is -0.137. The number of hydrogen-bond donors (Lipinski definition) is 2. The molecule has 0 aliphatic rings. The van der Waals surface area contributed by atoms with Crippen LogP contribution in [0.15, 0.2) is 48.8 Å². The fourth-order valence-corrected chi connectivity index (χ4v) is 3.27. The van der Waals surface area contributed by atoms with Gasteiger partial charge in [-0.15, -0.1) is 0 Å². The summed E-state index contributed by atoms with van der Waals surface area (Å²) in [5, 5.41) is 9.47. The van der Waals surface area contributed by atoms with E-state index in [1.54, 1.807) is 32.2 Å². The monoisotopic (exact) mass is 500 g/mol. The molecule has 1 amide bonds. The van der Waals surface area contributed by atoms with Gasteiger partial charge in [0.25, 0.3) is 5.91 Å². The van der Waals surface area contributed by atoms with E-state index in [-0.39, 0.29) is 35.6 Å². The lowest BCUT2D eigenvalue weighted by atomic mass is 10.1. The van der Waals surface area contributed by atoms with Gasteiger partial charge in [-0.25, -0.2) is 9.97 Å². The summed E-state index contributed by atoms with van der Waals surface area (Å²) in [5.74, 6) is -0.622. The first-order chi connectivity index (χ1) is 17.1. The number of amides is 1. The van der Waals surface area contributed by atoms with Crippen molar-refractivity contribution in [3.05, 3.63) is 59.9 Å². The lowest BCUT2D eigenvalue weighted by Crippen LogP contribution is -2.38. The van der Waals surface area contributed by atoms with Gasteiger partial charge >= 0.3 is 6.18 Å². The van der Waals surface area contributed by atoms with Crippen molar-refractivity contribution in [1.82, 2.24) is 25.1 Å². The standard InChI is InChI=1S/C24H23F3N6O3/c1-13(2)35-12-18(22(34)30-19-9-8-14(3)10-28-19)36-23-16-11-29-33-21(16)31-20(32-23)15-6-4-5-7-17(15)24(25,26)27/h4-11,13,18H,12H2,1-3H3,(H,28,30,34)(H,29,31,32,33)/t18-/m0/s1. The molecule has 3 aromatic heterocycles. The molecule has 0 aliphatic heterocycles. The molecule has 4 rings (SSSR count). The van der Waals surface area contributed by atoms with Crippen molar-refractivity contribution >= 4 is 22.8 Å². The lowest BCUT2D eigenvalue weighted by Gasteiger charge is -2.20. The Morgan fingerprint density at radius 3 is 2.58 bits per heavy atom. The molecule has 12 heteroatoms. The Kier molecular flexibility index (Phi) is 7.15. The Morgan fingerprint density at radius 1 is 1.11 bits per heavy atom. The minimum Gasteiger partial charge on any atom is -0.461 e. The zero-order chi connectivity index (χ0) is 25.9. The SMILES string of the molecule is Cc1ccc(NC(=O)[C@H](COC(C)C)Oc2nc(-c3ccccc3C(F)(F)F)nc3[nH]ncc23)nc1. The van der Waals surface area contributed by atoms with Crippen LogP contribution in [0.5, 0.6) is 5.88 Å². The predicted molar refractivity (Wildman–Crippen MR) is 125 cm³/mol. The average Bonchev–Trinajstić information content (AvgIpc) is 3.31. The Balaban J connectivity index is 1.71. The summed E-state index contributed by atoms with van der Waals surface area (Å²) >= 11 is 0. The Morgan fingerprint density at radius 2 is 1.89 bits per heavy atom. The molecular weight excluding hydrogens is 477 g/mol. The summed E-state index contributed by atoms with van der Waals surface area (Å²) in [4.78, 5) is 25.6. The normalized spacial score (nSPS) is 12.6. The maximum atomic E-state index is 13.6. The molecule has 0 spiro atoms. The van der Waals surface area contributed by atoms with Crippen LogP contribution in [0.2, 0.25) is 0 Å². The minimum atomic E-state index is -4.63. The highest BCUT2D eigenvalue weighted by molar-refractivity contribution is 5.94. The number of ether oxygens (including phenoxy) is 2. The van der Waals surface area contributed by atoms with Gasteiger partial charge in [0.2, 0.25) is 12.0 Å². The fourth-order valence-electron chi connectivity index (χ4n) is 3.27. The number of nitrogens with zero attached hydrogens (tertiary/aromatic N) is 4. The number of H-pyrrole nitrogens is 1. The van der Waals surface area contributed by atoms with Crippen LogP contribution < -0.4 is 10.1 Å². The van der Waals surface area contributed by atoms with Crippen LogP contribution >= 0.6 is 0 Å². The number of benzene rings is 1. The highest BCUT2D eigenvalue weighted by Gasteiger charge is 2.34. The van der Waals surface area contributed by atoms with E-state index in [4.69, 9.17) is 9.47 Å². The molecule has 0 radical (unpaired) electrons. The summed E-state index contributed by atoms with van der Waals surface area (Å²) in [6.07, 6.45) is -3.08. The van der Waals surface area contributed by atoms with Gasteiger partial charge in [-0.3, -0.25) is 9.89 Å². The molecule has 36 heavy (non-hydrogen) atoms. The van der Waals surface area contributed by atoms with Crippen molar-refractivity contribution in [1.29, 1.82) is 0 Å². The molecule has 4 aromatic rings. The summed E-state index contributed by atoms with van der Waals surface area (Å²) in [5.41, 5.74) is -0.0811. The van der Waals surface area contributed by atoms with Crippen LogP contribution in [0.3, 0.4) is 0 Å². The summed E-state index contributed by atoms with van der Waals surface area (Å²) in [6, 6.07) is 8.36. The maximum Gasteiger partial charge on any atom is 0.417 e. The Hall–Kier alpha value is -4.06. The number of anilines is 1. The van der Waals surface area contributed by atoms with E-state index in [0.717, 1.165) is 11.6 Å². The molecule has 0 fully saturated rings. The van der Waals surface area contributed by atoms with Crippen molar-refractivity contribution in [3.63, 3.8) is 0 Å². The van der Waals surface area contributed by atoms with Gasteiger partial charge in [-0.05, 0) is 38.5 Å². The Bertz CT molecular complexity index is 1360. The van der Waals surface area contributed by atoms with Gasteiger partial charge in [0, 0.05) is 11.8 Å². The van der Waals surface area contributed by atoms with E-state index in [1.807, 2.05) is 6.92 Å². The first-order valence-electron chi connectivity index (χ1n) is 11.0. The zero-order valence-corrected chi connectivity index (χ0v) is 19.6. The number of rotatable bonds is 8. The van der Waals surface area contributed by atoms with Crippen molar-refractivity contribution < 1.29 is 27.4 Å². The van der Waals surface area contributed by atoms with Crippen molar-refractivity contribution in [3.8, 4) is 17.3 Å². The second-order valence-electron chi connectivity index (χ2n) is 8.23. The average molecular weight is 500 g/mol. The molecular formula is C24H23F3N6O3. The molecule has 2 N–H and O–H groups in total. The summed E-state index contributed by atoms with van der Waals surface area (Å²) < 4.78 is 52.4. The molecule has 1 atom stereocenters. The van der Waals surface area contributed by atoms with Crippen LogP contribution in [0.25, 0.3) is 22.4 Å². The molecule has 1 aromatic carbocycles. The van der Waals surface area contributed by atoms with Crippen molar-refractivity contribution in [2.45, 2.75) is 39.2 Å².